The Bertz CT molecular complexity index is 556. The van der Waals surface area contributed by atoms with Crippen molar-refractivity contribution in [2.45, 2.75) is 19.8 Å². The quantitative estimate of drug-likeness (QED) is 0.874. The highest BCUT2D eigenvalue weighted by atomic mass is 79.9. The second-order valence-electron chi connectivity index (χ2n) is 5.94. The van der Waals surface area contributed by atoms with Crippen LogP contribution in [-0.4, -0.2) is 32.3 Å². The monoisotopic (exact) mass is 354 g/mol. The molecule has 6 heteroatoms. The van der Waals surface area contributed by atoms with Crippen molar-refractivity contribution in [2.24, 2.45) is 5.41 Å². The number of benzene rings is 1. The van der Waals surface area contributed by atoms with Crippen LogP contribution < -0.4 is 20.1 Å². The lowest BCUT2D eigenvalue weighted by molar-refractivity contribution is 0.0922. The minimum atomic E-state index is -0.0752. The van der Waals surface area contributed by atoms with Crippen LogP contribution in [0, 0.1) is 5.41 Å². The molecular weight excluding hydrogens is 336 g/mol. The van der Waals surface area contributed by atoms with E-state index in [1.165, 1.54) is 0 Å². The molecule has 1 aromatic rings. The highest BCUT2D eigenvalue weighted by Crippen LogP contribution is 2.40. The fourth-order valence-electron chi connectivity index (χ4n) is 2.70. The molecule has 0 bridgehead atoms. The number of amides is 1. The molecule has 0 aromatic heterocycles. The van der Waals surface area contributed by atoms with Crippen LogP contribution >= 0.6 is 15.9 Å². The standard InChI is InChI=1S/C15H19BrN2O3/c1-15(2-4-17-5-3-15)8-18-14(19)10-6-11(16)13-12(7-10)20-9-21-13/h6-7,17H,2-5,8-9H2,1H3,(H,18,19). The smallest absolute Gasteiger partial charge is 0.251 e. The van der Waals surface area contributed by atoms with Gasteiger partial charge in [0.15, 0.2) is 11.5 Å². The lowest BCUT2D eigenvalue weighted by Gasteiger charge is -2.34. The maximum atomic E-state index is 12.3. The number of fused-ring (bicyclic) bond motifs is 1. The number of piperidine rings is 1. The largest absolute Gasteiger partial charge is 0.454 e. The van der Waals surface area contributed by atoms with E-state index in [1.54, 1.807) is 12.1 Å². The van der Waals surface area contributed by atoms with Gasteiger partial charge in [0.2, 0.25) is 6.79 Å². The first kappa shape index (κ1) is 14.7. The molecule has 0 atom stereocenters. The van der Waals surface area contributed by atoms with Crippen LogP contribution in [0.15, 0.2) is 16.6 Å². The molecule has 5 nitrogen and oxygen atoms in total. The Hall–Kier alpha value is -1.27. The molecule has 1 amide bonds. The number of hydrogen-bond donors (Lipinski definition) is 2. The Labute approximate surface area is 132 Å². The van der Waals surface area contributed by atoms with Crippen molar-refractivity contribution in [3.63, 3.8) is 0 Å². The number of hydrogen-bond acceptors (Lipinski definition) is 4. The van der Waals surface area contributed by atoms with Gasteiger partial charge in [-0.3, -0.25) is 4.79 Å². The van der Waals surface area contributed by atoms with E-state index in [4.69, 9.17) is 9.47 Å². The van der Waals surface area contributed by atoms with E-state index in [0.29, 0.717) is 23.6 Å². The number of nitrogens with one attached hydrogen (secondary N) is 2. The zero-order valence-electron chi connectivity index (χ0n) is 12.0. The van der Waals surface area contributed by atoms with Crippen molar-refractivity contribution in [2.75, 3.05) is 26.4 Å². The van der Waals surface area contributed by atoms with Crippen LogP contribution in [0.25, 0.3) is 0 Å². The summed E-state index contributed by atoms with van der Waals surface area (Å²) in [5.41, 5.74) is 0.762. The fraction of sp³-hybridized carbons (Fsp3) is 0.533. The van der Waals surface area contributed by atoms with Gasteiger partial charge >= 0.3 is 0 Å². The third kappa shape index (κ3) is 3.16. The topological polar surface area (TPSA) is 59.6 Å². The van der Waals surface area contributed by atoms with Gasteiger partial charge in [0.05, 0.1) is 4.47 Å². The molecular formula is C15H19BrN2O3. The maximum Gasteiger partial charge on any atom is 0.251 e. The van der Waals surface area contributed by atoms with E-state index in [0.717, 1.165) is 30.4 Å². The average molecular weight is 355 g/mol. The Kier molecular flexibility index (Phi) is 4.08. The average Bonchev–Trinajstić information content (AvgIpc) is 2.94. The van der Waals surface area contributed by atoms with Gasteiger partial charge in [-0.1, -0.05) is 6.92 Å². The van der Waals surface area contributed by atoms with Gasteiger partial charge in [0.25, 0.3) is 5.91 Å². The Morgan fingerprint density at radius 1 is 1.38 bits per heavy atom. The summed E-state index contributed by atoms with van der Waals surface area (Å²) in [6, 6.07) is 3.50. The number of rotatable bonds is 3. The summed E-state index contributed by atoms with van der Waals surface area (Å²) in [5, 5.41) is 6.39. The molecule has 2 N–H and O–H groups in total. The first-order chi connectivity index (χ1) is 10.1. The predicted octanol–water partition coefficient (Wildman–Crippen LogP) is 2.30. The van der Waals surface area contributed by atoms with E-state index in [-0.39, 0.29) is 18.1 Å². The highest BCUT2D eigenvalue weighted by Gasteiger charge is 2.27. The SMILES string of the molecule is CC1(CNC(=O)c2cc(Br)c3c(c2)OCO3)CCNCC1. The van der Waals surface area contributed by atoms with Gasteiger partial charge in [-0.05, 0) is 59.4 Å². The molecule has 3 rings (SSSR count). The molecule has 21 heavy (non-hydrogen) atoms. The summed E-state index contributed by atoms with van der Waals surface area (Å²) in [4.78, 5) is 12.3. The molecule has 1 fully saturated rings. The van der Waals surface area contributed by atoms with Crippen LogP contribution in [0.1, 0.15) is 30.1 Å². The summed E-state index contributed by atoms with van der Waals surface area (Å²) in [6.07, 6.45) is 2.16. The highest BCUT2D eigenvalue weighted by molar-refractivity contribution is 9.10. The molecule has 2 aliphatic heterocycles. The van der Waals surface area contributed by atoms with E-state index in [1.807, 2.05) is 0 Å². The zero-order chi connectivity index (χ0) is 14.9. The molecule has 1 aromatic carbocycles. The normalized spacial score (nSPS) is 19.3. The van der Waals surface area contributed by atoms with Gasteiger partial charge < -0.3 is 20.1 Å². The molecule has 0 spiro atoms. The van der Waals surface area contributed by atoms with Crippen molar-refractivity contribution >= 4 is 21.8 Å². The van der Waals surface area contributed by atoms with E-state index >= 15 is 0 Å². The lowest BCUT2D eigenvalue weighted by atomic mass is 9.81. The summed E-state index contributed by atoms with van der Waals surface area (Å²) in [5.74, 6) is 1.20. The number of ether oxygens (including phenoxy) is 2. The second-order valence-corrected chi connectivity index (χ2v) is 6.79. The molecule has 114 valence electrons. The molecule has 0 aliphatic carbocycles. The van der Waals surface area contributed by atoms with Crippen LogP contribution in [0.5, 0.6) is 11.5 Å². The van der Waals surface area contributed by atoms with Crippen molar-refractivity contribution < 1.29 is 14.3 Å². The van der Waals surface area contributed by atoms with E-state index < -0.39 is 0 Å². The number of halogens is 1. The first-order valence-corrected chi connectivity index (χ1v) is 7.95. The number of carbonyl (C=O) groups is 1. The minimum Gasteiger partial charge on any atom is -0.454 e. The van der Waals surface area contributed by atoms with Crippen molar-refractivity contribution in [1.29, 1.82) is 0 Å². The third-order valence-electron chi connectivity index (χ3n) is 4.18. The van der Waals surface area contributed by atoms with Gasteiger partial charge in [0.1, 0.15) is 0 Å². The van der Waals surface area contributed by atoms with Crippen molar-refractivity contribution in [3.8, 4) is 11.5 Å². The van der Waals surface area contributed by atoms with Gasteiger partial charge in [0, 0.05) is 12.1 Å². The zero-order valence-corrected chi connectivity index (χ0v) is 13.6. The summed E-state index contributed by atoms with van der Waals surface area (Å²) in [6.45, 7) is 5.15. The van der Waals surface area contributed by atoms with Gasteiger partial charge in [-0.15, -0.1) is 0 Å². The second kappa shape index (κ2) is 5.85. The van der Waals surface area contributed by atoms with Crippen LogP contribution in [0.3, 0.4) is 0 Å². The Morgan fingerprint density at radius 2 is 2.14 bits per heavy atom. The molecule has 2 aliphatic rings. The van der Waals surface area contributed by atoms with Crippen LogP contribution in [0.2, 0.25) is 0 Å². The summed E-state index contributed by atoms with van der Waals surface area (Å²) in [7, 11) is 0. The summed E-state index contributed by atoms with van der Waals surface area (Å²) < 4.78 is 11.4. The lowest BCUT2D eigenvalue weighted by Crippen LogP contribution is -2.42. The van der Waals surface area contributed by atoms with Crippen LogP contribution in [-0.2, 0) is 0 Å². The minimum absolute atomic E-state index is 0.0752. The Balaban J connectivity index is 1.67. The van der Waals surface area contributed by atoms with Crippen molar-refractivity contribution in [1.82, 2.24) is 10.6 Å². The predicted molar refractivity (Wildman–Crippen MR) is 82.8 cm³/mol. The fourth-order valence-corrected chi connectivity index (χ4v) is 3.26. The van der Waals surface area contributed by atoms with Gasteiger partial charge in [-0.25, -0.2) is 0 Å². The Morgan fingerprint density at radius 3 is 2.90 bits per heavy atom. The van der Waals surface area contributed by atoms with Gasteiger partial charge in [-0.2, -0.15) is 0 Å². The van der Waals surface area contributed by atoms with E-state index in [9.17, 15) is 4.79 Å². The molecule has 0 saturated carbocycles. The third-order valence-corrected chi connectivity index (χ3v) is 4.76. The van der Waals surface area contributed by atoms with Crippen LogP contribution in [0.4, 0.5) is 0 Å². The number of carbonyl (C=O) groups excluding carboxylic acids is 1. The molecule has 0 unspecified atom stereocenters. The van der Waals surface area contributed by atoms with E-state index in [2.05, 4.69) is 33.5 Å². The molecule has 0 radical (unpaired) electrons. The molecule has 1 saturated heterocycles. The van der Waals surface area contributed by atoms with Crippen molar-refractivity contribution in [3.05, 3.63) is 22.2 Å². The summed E-state index contributed by atoms with van der Waals surface area (Å²) >= 11 is 3.41. The maximum absolute atomic E-state index is 12.3. The first-order valence-electron chi connectivity index (χ1n) is 7.15. The molecule has 2 heterocycles.